The average molecular weight is 482 g/mol. The Morgan fingerprint density at radius 3 is 2.42 bits per heavy atom. The largest absolute Gasteiger partial charge is 0.460 e. The van der Waals surface area contributed by atoms with Crippen LogP contribution in [0.5, 0.6) is 0 Å². The van der Waals surface area contributed by atoms with Crippen molar-refractivity contribution < 1.29 is 17.6 Å². The Hall–Kier alpha value is -3.27. The van der Waals surface area contributed by atoms with Gasteiger partial charge in [0, 0.05) is 24.0 Å². The third-order valence-corrected chi connectivity index (χ3v) is 7.72. The number of anilines is 1. The monoisotopic (exact) mass is 481 g/mol. The molecule has 9 heteroatoms. The van der Waals surface area contributed by atoms with E-state index >= 15 is 0 Å². The zero-order valence-electron chi connectivity index (χ0n) is 18.2. The number of hydrogen-bond acceptors (Lipinski definition) is 6. The van der Waals surface area contributed by atoms with E-state index in [1.54, 1.807) is 12.3 Å². The molecule has 0 aliphatic carbocycles. The summed E-state index contributed by atoms with van der Waals surface area (Å²) in [6, 6.07) is 19.0. The van der Waals surface area contributed by atoms with Crippen molar-refractivity contribution >= 4 is 32.4 Å². The topological polar surface area (TPSA) is 92.5 Å². The molecule has 1 N–H and O–H groups in total. The van der Waals surface area contributed by atoms with E-state index in [0.29, 0.717) is 28.7 Å². The van der Waals surface area contributed by atoms with Crippen molar-refractivity contribution in [1.82, 2.24) is 9.29 Å². The van der Waals surface area contributed by atoms with Gasteiger partial charge in [0.05, 0.1) is 4.90 Å². The molecule has 0 saturated heterocycles. The summed E-state index contributed by atoms with van der Waals surface area (Å²) in [4.78, 5) is 17.1. The van der Waals surface area contributed by atoms with Gasteiger partial charge in [0.25, 0.3) is 5.91 Å². The zero-order valence-corrected chi connectivity index (χ0v) is 19.8. The van der Waals surface area contributed by atoms with Crippen LogP contribution < -0.4 is 5.32 Å². The van der Waals surface area contributed by atoms with Gasteiger partial charge in [-0.15, -0.1) is 11.3 Å². The molecule has 4 rings (SSSR count). The van der Waals surface area contributed by atoms with Gasteiger partial charge in [-0.3, -0.25) is 10.1 Å². The first-order valence-corrected chi connectivity index (χ1v) is 12.7. The molecule has 7 nitrogen and oxygen atoms in total. The van der Waals surface area contributed by atoms with Gasteiger partial charge in [0.15, 0.2) is 10.9 Å². The number of carbonyl (C=O) groups excluding carboxylic acids is 1. The number of furan rings is 1. The predicted molar refractivity (Wildman–Crippen MR) is 129 cm³/mol. The second-order valence-corrected chi connectivity index (χ2v) is 10.1. The lowest BCUT2D eigenvalue weighted by atomic mass is 10.2. The van der Waals surface area contributed by atoms with Crippen LogP contribution in [-0.2, 0) is 16.6 Å². The molecule has 0 spiro atoms. The predicted octanol–water partition coefficient (Wildman–Crippen LogP) is 5.17. The molecular weight excluding hydrogens is 458 g/mol. The maximum atomic E-state index is 13.1. The highest BCUT2D eigenvalue weighted by atomic mass is 32.2. The number of aryl methyl sites for hydroxylation is 1. The van der Waals surface area contributed by atoms with Gasteiger partial charge < -0.3 is 4.42 Å². The van der Waals surface area contributed by atoms with Gasteiger partial charge in [-0.05, 0) is 48.9 Å². The summed E-state index contributed by atoms with van der Waals surface area (Å²) in [5.74, 6) is 1.05. The second kappa shape index (κ2) is 9.70. The minimum absolute atomic E-state index is 0.140. The van der Waals surface area contributed by atoms with E-state index in [0.717, 1.165) is 11.3 Å². The molecule has 0 unspecified atom stereocenters. The van der Waals surface area contributed by atoms with E-state index in [1.807, 2.05) is 49.4 Å². The van der Waals surface area contributed by atoms with Crippen molar-refractivity contribution in [3.63, 3.8) is 0 Å². The fourth-order valence-corrected chi connectivity index (χ4v) is 5.40. The Bertz CT molecular complexity index is 1340. The molecule has 2 aromatic carbocycles. The van der Waals surface area contributed by atoms with Gasteiger partial charge in [-0.1, -0.05) is 37.3 Å². The van der Waals surface area contributed by atoms with Crippen molar-refractivity contribution in [3.8, 4) is 11.5 Å². The molecule has 0 aliphatic rings. The molecule has 1 amide bonds. The highest BCUT2D eigenvalue weighted by Crippen LogP contribution is 2.27. The first kappa shape index (κ1) is 22.9. The summed E-state index contributed by atoms with van der Waals surface area (Å²) in [6.07, 6.45) is 0. The van der Waals surface area contributed by atoms with Crippen LogP contribution in [0.4, 0.5) is 5.13 Å². The van der Waals surface area contributed by atoms with Crippen molar-refractivity contribution in [2.75, 3.05) is 11.9 Å². The molecule has 33 heavy (non-hydrogen) atoms. The maximum Gasteiger partial charge on any atom is 0.257 e. The Labute approximate surface area is 196 Å². The third-order valence-electron chi connectivity index (χ3n) is 5.03. The zero-order chi connectivity index (χ0) is 23.4. The number of carbonyl (C=O) groups is 1. The number of nitrogens with one attached hydrogen (secondary N) is 1. The van der Waals surface area contributed by atoms with E-state index in [1.165, 1.54) is 39.9 Å². The Kier molecular flexibility index (Phi) is 6.73. The lowest BCUT2D eigenvalue weighted by molar-refractivity contribution is 0.102. The molecule has 2 heterocycles. The Balaban J connectivity index is 1.46. The van der Waals surface area contributed by atoms with E-state index < -0.39 is 10.0 Å². The van der Waals surface area contributed by atoms with Crippen LogP contribution in [-0.4, -0.2) is 30.2 Å². The van der Waals surface area contributed by atoms with Crippen molar-refractivity contribution in [3.05, 3.63) is 89.0 Å². The lowest BCUT2D eigenvalue weighted by Gasteiger charge is -2.20. The highest BCUT2D eigenvalue weighted by Gasteiger charge is 2.23. The molecule has 0 bridgehead atoms. The molecule has 0 atom stereocenters. The van der Waals surface area contributed by atoms with E-state index in [2.05, 4.69) is 10.3 Å². The number of benzene rings is 2. The van der Waals surface area contributed by atoms with E-state index in [-0.39, 0.29) is 17.3 Å². The fraction of sp³-hybridized carbons (Fsp3) is 0.167. The summed E-state index contributed by atoms with van der Waals surface area (Å²) in [7, 11) is -3.70. The first-order chi connectivity index (χ1) is 15.9. The van der Waals surface area contributed by atoms with Crippen LogP contribution in [0.3, 0.4) is 0 Å². The van der Waals surface area contributed by atoms with Gasteiger partial charge in [-0.2, -0.15) is 4.31 Å². The smallest absolute Gasteiger partial charge is 0.257 e. The summed E-state index contributed by atoms with van der Waals surface area (Å²) in [5, 5.41) is 4.98. The standard InChI is InChI=1S/C24H23N3O4S2/c1-3-27(15-18-7-5-4-6-8-18)33(29,30)20-12-10-19(11-13-20)23(28)26-24-25-21(16-32-24)22-14-9-17(2)31-22/h4-14,16H,3,15H2,1-2H3,(H,25,26,28). The maximum absolute atomic E-state index is 13.1. The van der Waals surface area contributed by atoms with Crippen LogP contribution in [0.1, 0.15) is 28.6 Å². The Morgan fingerprint density at radius 1 is 1.06 bits per heavy atom. The second-order valence-electron chi connectivity index (χ2n) is 7.34. The lowest BCUT2D eigenvalue weighted by Crippen LogP contribution is -2.30. The fourth-order valence-electron chi connectivity index (χ4n) is 3.27. The van der Waals surface area contributed by atoms with Crippen molar-refractivity contribution in [2.45, 2.75) is 25.3 Å². The molecule has 0 fully saturated rings. The molecule has 0 aliphatic heterocycles. The summed E-state index contributed by atoms with van der Waals surface area (Å²) in [5.41, 5.74) is 1.89. The minimum atomic E-state index is -3.70. The van der Waals surface area contributed by atoms with Gasteiger partial charge >= 0.3 is 0 Å². The number of amides is 1. The van der Waals surface area contributed by atoms with E-state index in [4.69, 9.17) is 4.42 Å². The van der Waals surface area contributed by atoms with Crippen LogP contribution in [0.2, 0.25) is 0 Å². The average Bonchev–Trinajstić information content (AvgIpc) is 3.47. The van der Waals surface area contributed by atoms with Gasteiger partial charge in [0.1, 0.15) is 11.5 Å². The number of rotatable bonds is 8. The third kappa shape index (κ3) is 5.22. The quantitative estimate of drug-likeness (QED) is 0.375. The number of hydrogen-bond donors (Lipinski definition) is 1. The minimum Gasteiger partial charge on any atom is -0.460 e. The Morgan fingerprint density at radius 2 is 1.79 bits per heavy atom. The molecular formula is C24H23N3O4S2. The van der Waals surface area contributed by atoms with Crippen molar-refractivity contribution in [1.29, 1.82) is 0 Å². The molecule has 170 valence electrons. The highest BCUT2D eigenvalue weighted by molar-refractivity contribution is 7.89. The van der Waals surface area contributed by atoms with Crippen LogP contribution in [0, 0.1) is 6.92 Å². The summed E-state index contributed by atoms with van der Waals surface area (Å²) < 4.78 is 33.1. The summed E-state index contributed by atoms with van der Waals surface area (Å²) >= 11 is 1.29. The number of sulfonamides is 1. The van der Waals surface area contributed by atoms with E-state index in [9.17, 15) is 13.2 Å². The van der Waals surface area contributed by atoms with Gasteiger partial charge in [0.2, 0.25) is 10.0 Å². The molecule has 0 saturated carbocycles. The van der Waals surface area contributed by atoms with Crippen LogP contribution in [0.25, 0.3) is 11.5 Å². The van der Waals surface area contributed by atoms with Crippen molar-refractivity contribution in [2.24, 2.45) is 0 Å². The molecule has 4 aromatic rings. The number of aromatic nitrogens is 1. The van der Waals surface area contributed by atoms with Gasteiger partial charge in [-0.25, -0.2) is 13.4 Å². The van der Waals surface area contributed by atoms with Crippen LogP contribution in [0.15, 0.2) is 81.4 Å². The summed E-state index contributed by atoms with van der Waals surface area (Å²) in [6.45, 7) is 4.27. The van der Waals surface area contributed by atoms with Crippen LogP contribution >= 0.6 is 11.3 Å². The SMILES string of the molecule is CCN(Cc1ccccc1)S(=O)(=O)c1ccc(C(=O)Nc2nc(-c3ccc(C)o3)cs2)cc1. The number of thiazole rings is 1. The molecule has 0 radical (unpaired) electrons. The first-order valence-electron chi connectivity index (χ1n) is 10.3. The molecule has 2 aromatic heterocycles. The normalized spacial score (nSPS) is 11.6. The number of nitrogens with zero attached hydrogens (tertiary/aromatic N) is 2.